The van der Waals surface area contributed by atoms with Gasteiger partial charge in [0.2, 0.25) is 0 Å². The third-order valence-electron chi connectivity index (χ3n) is 2.67. The summed E-state index contributed by atoms with van der Waals surface area (Å²) in [6.07, 6.45) is -4.45. The zero-order valence-corrected chi connectivity index (χ0v) is 11.9. The molecule has 0 atom stereocenters. The average molecular weight is 362 g/mol. The normalized spacial score (nSPS) is 11.3. The van der Waals surface area contributed by atoms with Gasteiger partial charge in [-0.2, -0.15) is 13.2 Å². The molecule has 21 heavy (non-hydrogen) atoms. The molecule has 0 bridgehead atoms. The molecule has 1 amide bonds. The number of carbonyl (C=O) groups excluding carboxylic acids is 1. The Morgan fingerprint density at radius 3 is 2.24 bits per heavy atom. The lowest BCUT2D eigenvalue weighted by Crippen LogP contribution is -2.14. The van der Waals surface area contributed by atoms with E-state index in [9.17, 15) is 22.4 Å². The van der Waals surface area contributed by atoms with Gasteiger partial charge in [0.25, 0.3) is 5.91 Å². The van der Waals surface area contributed by atoms with Crippen LogP contribution in [0.2, 0.25) is 0 Å². The number of hydrogen-bond donors (Lipinski definition) is 1. The largest absolute Gasteiger partial charge is 0.416 e. The van der Waals surface area contributed by atoms with Crippen molar-refractivity contribution in [3.05, 3.63) is 63.9 Å². The van der Waals surface area contributed by atoms with Crippen LogP contribution in [-0.2, 0) is 6.18 Å². The van der Waals surface area contributed by atoms with Crippen molar-refractivity contribution in [1.29, 1.82) is 0 Å². The van der Waals surface area contributed by atoms with Crippen molar-refractivity contribution in [2.45, 2.75) is 6.18 Å². The fourth-order valence-electron chi connectivity index (χ4n) is 1.62. The first-order valence-electron chi connectivity index (χ1n) is 5.71. The molecule has 0 fully saturated rings. The van der Waals surface area contributed by atoms with Crippen molar-refractivity contribution in [2.24, 2.45) is 0 Å². The fraction of sp³-hybridized carbons (Fsp3) is 0.0714. The predicted molar refractivity (Wildman–Crippen MR) is 73.5 cm³/mol. The SMILES string of the molecule is O=C(Nc1ccc(C(F)(F)F)cc1)c1cccc(Br)c1F. The lowest BCUT2D eigenvalue weighted by molar-refractivity contribution is -0.137. The summed E-state index contributed by atoms with van der Waals surface area (Å²) in [5.74, 6) is -1.48. The standard InChI is InChI=1S/C14H8BrF4NO/c15-11-3-1-2-10(12(11)16)13(21)20-9-6-4-8(5-7-9)14(17,18)19/h1-7H,(H,20,21). The van der Waals surface area contributed by atoms with Crippen LogP contribution in [0.3, 0.4) is 0 Å². The number of nitrogens with one attached hydrogen (secondary N) is 1. The van der Waals surface area contributed by atoms with E-state index in [2.05, 4.69) is 21.2 Å². The van der Waals surface area contributed by atoms with Gasteiger partial charge in [0.05, 0.1) is 15.6 Å². The molecule has 0 aliphatic heterocycles. The molecule has 0 spiro atoms. The van der Waals surface area contributed by atoms with Gasteiger partial charge >= 0.3 is 6.18 Å². The maximum atomic E-state index is 13.7. The molecule has 2 aromatic rings. The Hall–Kier alpha value is -1.89. The van der Waals surface area contributed by atoms with Crippen molar-refractivity contribution < 1.29 is 22.4 Å². The summed E-state index contributed by atoms with van der Waals surface area (Å²) in [4.78, 5) is 11.9. The van der Waals surface area contributed by atoms with E-state index < -0.39 is 23.5 Å². The van der Waals surface area contributed by atoms with Crippen molar-refractivity contribution in [2.75, 3.05) is 5.32 Å². The second-order valence-corrected chi connectivity index (χ2v) is 4.98. The van der Waals surface area contributed by atoms with E-state index in [1.165, 1.54) is 18.2 Å². The van der Waals surface area contributed by atoms with E-state index in [0.717, 1.165) is 24.3 Å². The topological polar surface area (TPSA) is 29.1 Å². The molecule has 110 valence electrons. The van der Waals surface area contributed by atoms with Crippen molar-refractivity contribution in [3.8, 4) is 0 Å². The minimum Gasteiger partial charge on any atom is -0.322 e. The maximum Gasteiger partial charge on any atom is 0.416 e. The molecule has 2 rings (SSSR count). The van der Waals surface area contributed by atoms with Gasteiger partial charge in [-0.3, -0.25) is 4.79 Å². The zero-order valence-electron chi connectivity index (χ0n) is 10.3. The Morgan fingerprint density at radius 2 is 1.67 bits per heavy atom. The van der Waals surface area contributed by atoms with Crippen LogP contribution in [0.4, 0.5) is 23.2 Å². The summed E-state index contributed by atoms with van der Waals surface area (Å²) in [6, 6.07) is 8.09. The molecule has 0 heterocycles. The van der Waals surface area contributed by atoms with Crippen molar-refractivity contribution >= 4 is 27.5 Å². The highest BCUT2D eigenvalue weighted by molar-refractivity contribution is 9.10. The molecule has 0 aliphatic rings. The quantitative estimate of drug-likeness (QED) is 0.760. The number of amides is 1. The first kappa shape index (κ1) is 15.5. The molecule has 0 saturated heterocycles. The second-order valence-electron chi connectivity index (χ2n) is 4.13. The predicted octanol–water partition coefficient (Wildman–Crippen LogP) is 4.86. The van der Waals surface area contributed by atoms with Crippen LogP contribution in [0.25, 0.3) is 0 Å². The van der Waals surface area contributed by atoms with E-state index in [0.29, 0.717) is 0 Å². The number of rotatable bonds is 2. The number of hydrogen-bond acceptors (Lipinski definition) is 1. The minimum atomic E-state index is -4.45. The van der Waals surface area contributed by atoms with Crippen LogP contribution < -0.4 is 5.32 Å². The smallest absolute Gasteiger partial charge is 0.322 e. The van der Waals surface area contributed by atoms with Gasteiger partial charge in [-0.15, -0.1) is 0 Å². The van der Waals surface area contributed by atoms with Crippen LogP contribution >= 0.6 is 15.9 Å². The highest BCUT2D eigenvalue weighted by Gasteiger charge is 2.30. The van der Waals surface area contributed by atoms with Gasteiger partial charge in [0.1, 0.15) is 5.82 Å². The van der Waals surface area contributed by atoms with Gasteiger partial charge in [-0.25, -0.2) is 4.39 Å². The first-order valence-corrected chi connectivity index (χ1v) is 6.51. The summed E-state index contributed by atoms with van der Waals surface area (Å²) in [6.45, 7) is 0. The van der Waals surface area contributed by atoms with E-state index in [1.807, 2.05) is 0 Å². The Kier molecular flexibility index (Phi) is 4.32. The number of benzene rings is 2. The molecule has 0 radical (unpaired) electrons. The minimum absolute atomic E-state index is 0.127. The summed E-state index contributed by atoms with van der Waals surface area (Å²) < 4.78 is 51.1. The lowest BCUT2D eigenvalue weighted by atomic mass is 10.1. The molecule has 2 aromatic carbocycles. The monoisotopic (exact) mass is 361 g/mol. The molecule has 0 aromatic heterocycles. The summed E-state index contributed by atoms with van der Waals surface area (Å²) in [5, 5.41) is 2.34. The molecular formula is C14H8BrF4NO. The highest BCUT2D eigenvalue weighted by Crippen LogP contribution is 2.30. The second kappa shape index (κ2) is 5.85. The van der Waals surface area contributed by atoms with Crippen molar-refractivity contribution in [1.82, 2.24) is 0 Å². The van der Waals surface area contributed by atoms with Gasteiger partial charge in [0.15, 0.2) is 0 Å². The van der Waals surface area contributed by atoms with Crippen molar-refractivity contribution in [3.63, 3.8) is 0 Å². The molecular weight excluding hydrogens is 354 g/mol. The third-order valence-corrected chi connectivity index (χ3v) is 3.28. The molecule has 2 nitrogen and oxygen atoms in total. The number of carbonyl (C=O) groups is 1. The number of anilines is 1. The van der Waals surface area contributed by atoms with E-state index in [4.69, 9.17) is 0 Å². The fourth-order valence-corrected chi connectivity index (χ4v) is 1.99. The number of halogens is 5. The lowest BCUT2D eigenvalue weighted by Gasteiger charge is -2.09. The zero-order chi connectivity index (χ0) is 15.6. The van der Waals surface area contributed by atoms with Crippen LogP contribution in [-0.4, -0.2) is 5.91 Å². The van der Waals surface area contributed by atoms with E-state index in [-0.39, 0.29) is 15.7 Å². The van der Waals surface area contributed by atoms with E-state index >= 15 is 0 Å². The van der Waals surface area contributed by atoms with Crippen LogP contribution in [0.5, 0.6) is 0 Å². The third kappa shape index (κ3) is 3.60. The van der Waals surface area contributed by atoms with E-state index in [1.54, 1.807) is 0 Å². The Labute approximate surface area is 125 Å². The van der Waals surface area contributed by atoms with Crippen LogP contribution in [0, 0.1) is 5.82 Å². The van der Waals surface area contributed by atoms with Gasteiger partial charge in [0, 0.05) is 5.69 Å². The first-order chi connectivity index (χ1) is 9.79. The highest BCUT2D eigenvalue weighted by atomic mass is 79.9. The molecule has 0 unspecified atom stereocenters. The average Bonchev–Trinajstić information content (AvgIpc) is 2.41. The molecule has 0 aliphatic carbocycles. The summed E-state index contributed by atoms with van der Waals surface area (Å²) >= 11 is 2.95. The van der Waals surface area contributed by atoms with Gasteiger partial charge in [-0.05, 0) is 52.3 Å². The molecule has 0 saturated carbocycles. The molecule has 1 N–H and O–H groups in total. The summed E-state index contributed by atoms with van der Waals surface area (Å²) in [7, 11) is 0. The maximum absolute atomic E-state index is 13.7. The van der Waals surface area contributed by atoms with Gasteiger partial charge < -0.3 is 5.32 Å². The Morgan fingerprint density at radius 1 is 1.05 bits per heavy atom. The summed E-state index contributed by atoms with van der Waals surface area (Å²) in [5.41, 5.74) is -0.884. The number of alkyl halides is 3. The van der Waals surface area contributed by atoms with Crippen LogP contribution in [0.15, 0.2) is 46.9 Å². The van der Waals surface area contributed by atoms with Gasteiger partial charge in [-0.1, -0.05) is 6.07 Å². The Balaban J connectivity index is 2.18. The Bertz CT molecular complexity index is 668. The van der Waals surface area contributed by atoms with Crippen LogP contribution in [0.1, 0.15) is 15.9 Å². The molecule has 7 heteroatoms.